The van der Waals surface area contributed by atoms with E-state index in [2.05, 4.69) is 13.2 Å². The first-order valence-corrected chi connectivity index (χ1v) is 3.22. The third kappa shape index (κ3) is 4.04. The van der Waals surface area contributed by atoms with E-state index in [1.54, 1.807) is 12.2 Å². The zero-order valence-electron chi connectivity index (χ0n) is 5.60. The monoisotopic (exact) mass is 142 g/mol. The lowest BCUT2D eigenvalue weighted by Gasteiger charge is -1.94. The maximum atomic E-state index is 5.70. The van der Waals surface area contributed by atoms with E-state index >= 15 is 0 Å². The van der Waals surface area contributed by atoms with Crippen molar-refractivity contribution in [1.82, 2.24) is 0 Å². The van der Waals surface area contributed by atoms with Crippen LogP contribution in [0.3, 0.4) is 0 Å². The maximum absolute atomic E-state index is 5.70. The smallest absolute Gasteiger partial charge is 0.0699 e. The summed E-state index contributed by atoms with van der Waals surface area (Å²) < 4.78 is 0. The Labute approximate surface area is 61.5 Å². The summed E-state index contributed by atoms with van der Waals surface area (Å²) in [4.78, 5) is 0. The SMILES string of the molecule is C=C/C(C)=C/C(Cl)C=C. The first kappa shape index (κ1) is 8.51. The highest BCUT2D eigenvalue weighted by Crippen LogP contribution is 2.03. The van der Waals surface area contributed by atoms with Crippen molar-refractivity contribution in [3.05, 3.63) is 37.0 Å². The van der Waals surface area contributed by atoms with E-state index in [0.29, 0.717) is 0 Å². The summed E-state index contributed by atoms with van der Waals surface area (Å²) in [7, 11) is 0. The van der Waals surface area contributed by atoms with Gasteiger partial charge in [-0.1, -0.05) is 30.4 Å². The van der Waals surface area contributed by atoms with Crippen molar-refractivity contribution in [1.29, 1.82) is 0 Å². The molecule has 1 unspecified atom stereocenters. The highest BCUT2D eigenvalue weighted by molar-refractivity contribution is 6.23. The van der Waals surface area contributed by atoms with E-state index in [4.69, 9.17) is 11.6 Å². The van der Waals surface area contributed by atoms with Crippen LogP contribution in [-0.4, -0.2) is 5.38 Å². The minimum absolute atomic E-state index is 0.0667. The Morgan fingerprint density at radius 2 is 2.11 bits per heavy atom. The van der Waals surface area contributed by atoms with Crippen LogP contribution in [0, 0.1) is 0 Å². The minimum atomic E-state index is -0.0667. The van der Waals surface area contributed by atoms with Gasteiger partial charge in [-0.3, -0.25) is 0 Å². The topological polar surface area (TPSA) is 0 Å². The molecule has 0 saturated carbocycles. The van der Waals surface area contributed by atoms with Crippen molar-refractivity contribution in [2.75, 3.05) is 0 Å². The first-order chi connectivity index (χ1) is 4.20. The first-order valence-electron chi connectivity index (χ1n) is 2.78. The summed E-state index contributed by atoms with van der Waals surface area (Å²) in [6.45, 7) is 9.07. The van der Waals surface area contributed by atoms with Gasteiger partial charge in [-0.05, 0) is 6.92 Å². The Balaban J connectivity index is 3.92. The molecule has 0 amide bonds. The molecular formula is C8H11Cl. The molecule has 0 heterocycles. The highest BCUT2D eigenvalue weighted by Gasteiger charge is 1.89. The fraction of sp³-hybridized carbons (Fsp3) is 0.250. The normalized spacial score (nSPS) is 14.7. The molecule has 1 atom stereocenters. The fourth-order valence-electron chi connectivity index (χ4n) is 0.387. The maximum Gasteiger partial charge on any atom is 0.0699 e. The lowest BCUT2D eigenvalue weighted by molar-refractivity contribution is 1.34. The molecule has 0 aromatic rings. The van der Waals surface area contributed by atoms with Gasteiger partial charge >= 0.3 is 0 Å². The molecular weight excluding hydrogens is 132 g/mol. The van der Waals surface area contributed by atoms with Crippen LogP contribution in [0.1, 0.15) is 6.92 Å². The highest BCUT2D eigenvalue weighted by atomic mass is 35.5. The molecule has 0 aliphatic heterocycles. The Hall–Kier alpha value is -0.490. The van der Waals surface area contributed by atoms with E-state index in [0.717, 1.165) is 5.57 Å². The third-order valence-electron chi connectivity index (χ3n) is 0.969. The second-order valence-electron chi connectivity index (χ2n) is 1.79. The quantitative estimate of drug-likeness (QED) is 0.323. The van der Waals surface area contributed by atoms with Crippen molar-refractivity contribution < 1.29 is 0 Å². The Bertz CT molecular complexity index is 134. The van der Waals surface area contributed by atoms with Gasteiger partial charge in [0.15, 0.2) is 0 Å². The second-order valence-corrected chi connectivity index (χ2v) is 2.30. The van der Waals surface area contributed by atoms with Crippen molar-refractivity contribution >= 4 is 11.6 Å². The van der Waals surface area contributed by atoms with Crippen LogP contribution in [0.4, 0.5) is 0 Å². The average molecular weight is 143 g/mol. The van der Waals surface area contributed by atoms with E-state index in [-0.39, 0.29) is 5.38 Å². The van der Waals surface area contributed by atoms with Crippen LogP contribution in [0.15, 0.2) is 37.0 Å². The molecule has 0 spiro atoms. The molecule has 1 heteroatoms. The van der Waals surface area contributed by atoms with E-state index in [1.165, 1.54) is 0 Å². The molecule has 50 valence electrons. The molecule has 0 fully saturated rings. The molecule has 0 aromatic heterocycles. The molecule has 0 rings (SSSR count). The molecule has 0 bridgehead atoms. The Morgan fingerprint density at radius 3 is 2.44 bits per heavy atom. The van der Waals surface area contributed by atoms with Crippen molar-refractivity contribution in [2.45, 2.75) is 12.3 Å². The van der Waals surface area contributed by atoms with Gasteiger partial charge in [0.2, 0.25) is 0 Å². The molecule has 0 aromatic carbocycles. The lowest BCUT2D eigenvalue weighted by atomic mass is 10.2. The summed E-state index contributed by atoms with van der Waals surface area (Å²) in [5, 5.41) is -0.0667. The largest absolute Gasteiger partial charge is 0.114 e. The molecule has 9 heavy (non-hydrogen) atoms. The fourth-order valence-corrected chi connectivity index (χ4v) is 0.586. The number of allylic oxidation sites excluding steroid dienone is 4. The number of hydrogen-bond acceptors (Lipinski definition) is 0. The van der Waals surface area contributed by atoms with Crippen molar-refractivity contribution in [2.24, 2.45) is 0 Å². The van der Waals surface area contributed by atoms with E-state index in [1.807, 2.05) is 13.0 Å². The van der Waals surface area contributed by atoms with Crippen LogP contribution in [-0.2, 0) is 0 Å². The van der Waals surface area contributed by atoms with Crippen LogP contribution >= 0.6 is 11.6 Å². The molecule has 0 aliphatic carbocycles. The van der Waals surface area contributed by atoms with Gasteiger partial charge in [-0.25, -0.2) is 0 Å². The zero-order chi connectivity index (χ0) is 7.28. The summed E-state index contributed by atoms with van der Waals surface area (Å²) >= 11 is 5.70. The van der Waals surface area contributed by atoms with Gasteiger partial charge < -0.3 is 0 Å². The average Bonchev–Trinajstić information content (AvgIpc) is 1.87. The zero-order valence-corrected chi connectivity index (χ0v) is 6.36. The number of halogens is 1. The summed E-state index contributed by atoms with van der Waals surface area (Å²) in [6, 6.07) is 0. The van der Waals surface area contributed by atoms with Crippen molar-refractivity contribution in [3.8, 4) is 0 Å². The lowest BCUT2D eigenvalue weighted by Crippen LogP contribution is -1.85. The van der Waals surface area contributed by atoms with Gasteiger partial charge in [-0.2, -0.15) is 0 Å². The minimum Gasteiger partial charge on any atom is -0.114 e. The predicted octanol–water partition coefficient (Wildman–Crippen LogP) is 2.91. The molecule has 0 saturated heterocycles. The Kier molecular flexibility index (Phi) is 4.16. The van der Waals surface area contributed by atoms with Gasteiger partial charge in [0, 0.05) is 0 Å². The van der Waals surface area contributed by atoms with Gasteiger partial charge in [-0.15, -0.1) is 18.2 Å². The number of alkyl halides is 1. The molecule has 0 nitrogen and oxygen atoms in total. The van der Waals surface area contributed by atoms with Crippen LogP contribution < -0.4 is 0 Å². The van der Waals surface area contributed by atoms with E-state index < -0.39 is 0 Å². The Morgan fingerprint density at radius 1 is 1.56 bits per heavy atom. The summed E-state index contributed by atoms with van der Waals surface area (Å²) in [5.74, 6) is 0. The second kappa shape index (κ2) is 4.39. The van der Waals surface area contributed by atoms with Gasteiger partial charge in [0.05, 0.1) is 5.38 Å². The molecule has 0 aliphatic rings. The van der Waals surface area contributed by atoms with Gasteiger partial charge in [0.25, 0.3) is 0 Å². The molecule has 0 radical (unpaired) electrons. The number of hydrogen-bond donors (Lipinski definition) is 0. The van der Waals surface area contributed by atoms with Crippen LogP contribution in [0.5, 0.6) is 0 Å². The van der Waals surface area contributed by atoms with Crippen LogP contribution in [0.25, 0.3) is 0 Å². The molecule has 0 N–H and O–H groups in total. The third-order valence-corrected chi connectivity index (χ3v) is 1.27. The van der Waals surface area contributed by atoms with Crippen LogP contribution in [0.2, 0.25) is 0 Å². The predicted molar refractivity (Wildman–Crippen MR) is 43.8 cm³/mol. The number of rotatable bonds is 3. The summed E-state index contributed by atoms with van der Waals surface area (Å²) in [5.41, 5.74) is 1.08. The summed E-state index contributed by atoms with van der Waals surface area (Å²) in [6.07, 6.45) is 5.33. The van der Waals surface area contributed by atoms with E-state index in [9.17, 15) is 0 Å². The standard InChI is InChI=1S/C8H11Cl/c1-4-7(3)6-8(9)5-2/h4-6,8H,1-2H2,3H3/b7-6+. The van der Waals surface area contributed by atoms with Gasteiger partial charge in [0.1, 0.15) is 0 Å². The van der Waals surface area contributed by atoms with Crippen molar-refractivity contribution in [3.63, 3.8) is 0 Å².